The summed E-state index contributed by atoms with van der Waals surface area (Å²) in [6.07, 6.45) is 1.14. The Kier molecular flexibility index (Phi) is 3.60. The highest BCUT2D eigenvalue weighted by molar-refractivity contribution is 6.58. The Morgan fingerprint density at radius 1 is 1.21 bits per heavy atom. The van der Waals surface area contributed by atoms with Crippen LogP contribution in [0, 0.1) is 11.6 Å². The maximum atomic E-state index is 13.2. The van der Waals surface area contributed by atoms with Crippen molar-refractivity contribution in [2.45, 2.75) is 19.8 Å². The average molecular weight is 200 g/mol. The van der Waals surface area contributed by atoms with Crippen LogP contribution in [0.25, 0.3) is 0 Å². The Hall–Kier alpha value is -0.935. The molecule has 0 fully saturated rings. The van der Waals surface area contributed by atoms with Crippen molar-refractivity contribution in [1.29, 1.82) is 0 Å². The van der Waals surface area contributed by atoms with Crippen LogP contribution < -0.4 is 5.46 Å². The molecule has 0 spiro atoms. The molecule has 0 unspecified atom stereocenters. The topological polar surface area (TPSA) is 40.5 Å². The third kappa shape index (κ3) is 2.11. The van der Waals surface area contributed by atoms with Crippen LogP contribution in [-0.2, 0) is 6.42 Å². The summed E-state index contributed by atoms with van der Waals surface area (Å²) in [4.78, 5) is 0. The normalized spacial score (nSPS) is 10.4. The van der Waals surface area contributed by atoms with Gasteiger partial charge in [0.2, 0.25) is 0 Å². The van der Waals surface area contributed by atoms with Crippen LogP contribution in [0.2, 0.25) is 0 Å². The van der Waals surface area contributed by atoms with Gasteiger partial charge in [-0.2, -0.15) is 0 Å². The Balaban J connectivity index is 3.12. The van der Waals surface area contributed by atoms with Crippen LogP contribution in [-0.4, -0.2) is 17.2 Å². The van der Waals surface area contributed by atoms with E-state index in [1.54, 1.807) is 0 Å². The number of halogens is 2. The first kappa shape index (κ1) is 11.1. The third-order valence-corrected chi connectivity index (χ3v) is 1.99. The van der Waals surface area contributed by atoms with E-state index in [0.29, 0.717) is 12.8 Å². The molecule has 0 aromatic heterocycles. The molecule has 5 heteroatoms. The summed E-state index contributed by atoms with van der Waals surface area (Å²) < 4.78 is 26.4. The van der Waals surface area contributed by atoms with Crippen LogP contribution in [0.4, 0.5) is 8.78 Å². The highest BCUT2D eigenvalue weighted by Gasteiger charge is 2.20. The zero-order valence-electron chi connectivity index (χ0n) is 7.80. The highest BCUT2D eigenvalue weighted by Crippen LogP contribution is 2.12. The van der Waals surface area contributed by atoms with E-state index in [0.717, 1.165) is 0 Å². The highest BCUT2D eigenvalue weighted by atomic mass is 19.2. The second-order valence-electron chi connectivity index (χ2n) is 3.07. The molecule has 0 aliphatic heterocycles. The van der Waals surface area contributed by atoms with Gasteiger partial charge in [-0.1, -0.05) is 25.5 Å². The van der Waals surface area contributed by atoms with Crippen molar-refractivity contribution < 1.29 is 18.8 Å². The first-order valence-corrected chi connectivity index (χ1v) is 4.40. The van der Waals surface area contributed by atoms with Crippen molar-refractivity contribution in [3.8, 4) is 0 Å². The van der Waals surface area contributed by atoms with Gasteiger partial charge < -0.3 is 10.0 Å². The Bertz CT molecular complexity index is 329. The summed E-state index contributed by atoms with van der Waals surface area (Å²) in [5.41, 5.74) is -0.170. The lowest BCUT2D eigenvalue weighted by atomic mass is 9.79. The van der Waals surface area contributed by atoms with E-state index in [-0.39, 0.29) is 5.56 Å². The van der Waals surface area contributed by atoms with Gasteiger partial charge in [-0.25, -0.2) is 8.78 Å². The Morgan fingerprint density at radius 2 is 1.86 bits per heavy atom. The minimum atomic E-state index is -1.97. The maximum absolute atomic E-state index is 13.2. The molecule has 76 valence electrons. The molecule has 0 heterocycles. The van der Waals surface area contributed by atoms with E-state index in [9.17, 15) is 8.78 Å². The first-order valence-electron chi connectivity index (χ1n) is 4.40. The summed E-state index contributed by atoms with van der Waals surface area (Å²) >= 11 is 0. The monoisotopic (exact) mass is 200 g/mol. The summed E-state index contributed by atoms with van der Waals surface area (Å²) in [7, 11) is -1.97. The number of benzene rings is 1. The average Bonchev–Trinajstić information content (AvgIpc) is 2.13. The molecule has 2 nitrogen and oxygen atoms in total. The standard InChI is InChI=1S/C9H11BF2O2/c1-2-3-6-4-5-7(10(13)14)9(12)8(6)11/h4-5,13-14H,2-3H2,1H3. The lowest BCUT2D eigenvalue weighted by molar-refractivity contribution is 0.419. The number of hydrogen-bond donors (Lipinski definition) is 2. The van der Waals surface area contributed by atoms with Gasteiger partial charge in [0.05, 0.1) is 0 Å². The molecule has 0 aliphatic rings. The van der Waals surface area contributed by atoms with Gasteiger partial charge in [-0.15, -0.1) is 0 Å². The van der Waals surface area contributed by atoms with Gasteiger partial charge in [-0.05, 0) is 12.0 Å². The Labute approximate surface area is 81.3 Å². The predicted octanol–water partition coefficient (Wildman–Crippen LogP) is 0.597. The third-order valence-electron chi connectivity index (χ3n) is 1.99. The fraction of sp³-hybridized carbons (Fsp3) is 0.333. The van der Waals surface area contributed by atoms with Gasteiger partial charge in [0.25, 0.3) is 0 Å². The van der Waals surface area contributed by atoms with Crippen molar-refractivity contribution >= 4 is 12.6 Å². The fourth-order valence-electron chi connectivity index (χ4n) is 1.27. The van der Waals surface area contributed by atoms with Crippen LogP contribution >= 0.6 is 0 Å². The van der Waals surface area contributed by atoms with Gasteiger partial charge in [0.1, 0.15) is 0 Å². The fourth-order valence-corrected chi connectivity index (χ4v) is 1.27. The van der Waals surface area contributed by atoms with Crippen molar-refractivity contribution in [1.82, 2.24) is 0 Å². The zero-order valence-corrected chi connectivity index (χ0v) is 7.80. The second-order valence-corrected chi connectivity index (χ2v) is 3.07. The number of rotatable bonds is 3. The molecule has 0 radical (unpaired) electrons. The largest absolute Gasteiger partial charge is 0.491 e. The van der Waals surface area contributed by atoms with Crippen LogP contribution in [0.3, 0.4) is 0 Å². The van der Waals surface area contributed by atoms with Gasteiger partial charge >= 0.3 is 7.12 Å². The molecule has 1 aromatic rings. The van der Waals surface area contributed by atoms with Crippen molar-refractivity contribution in [3.05, 3.63) is 29.3 Å². The number of aryl methyl sites for hydroxylation is 1. The molecule has 1 aromatic carbocycles. The molecular formula is C9H11BF2O2. The summed E-state index contributed by atoms with van der Waals surface area (Å²) in [6, 6.07) is 2.56. The van der Waals surface area contributed by atoms with Crippen LogP contribution in [0.5, 0.6) is 0 Å². The summed E-state index contributed by atoms with van der Waals surface area (Å²) in [5, 5.41) is 17.4. The van der Waals surface area contributed by atoms with E-state index in [2.05, 4.69) is 0 Å². The van der Waals surface area contributed by atoms with E-state index >= 15 is 0 Å². The maximum Gasteiger partial charge on any atom is 0.491 e. The molecule has 1 rings (SSSR count). The van der Waals surface area contributed by atoms with Crippen LogP contribution in [0.15, 0.2) is 12.1 Å². The second kappa shape index (κ2) is 4.53. The van der Waals surface area contributed by atoms with Crippen molar-refractivity contribution in [3.63, 3.8) is 0 Å². The van der Waals surface area contributed by atoms with E-state index in [1.807, 2.05) is 6.92 Å². The van der Waals surface area contributed by atoms with E-state index in [4.69, 9.17) is 10.0 Å². The molecule has 2 N–H and O–H groups in total. The van der Waals surface area contributed by atoms with Crippen molar-refractivity contribution in [2.24, 2.45) is 0 Å². The molecule has 0 saturated carbocycles. The van der Waals surface area contributed by atoms with E-state index < -0.39 is 24.2 Å². The molecule has 0 saturated heterocycles. The molecule has 0 aliphatic carbocycles. The quantitative estimate of drug-likeness (QED) is 0.701. The van der Waals surface area contributed by atoms with Gasteiger partial charge in [0, 0.05) is 5.46 Å². The van der Waals surface area contributed by atoms with E-state index in [1.165, 1.54) is 12.1 Å². The number of hydrogen-bond acceptors (Lipinski definition) is 2. The Morgan fingerprint density at radius 3 is 2.36 bits per heavy atom. The molecule has 14 heavy (non-hydrogen) atoms. The molecule has 0 amide bonds. The lowest BCUT2D eigenvalue weighted by Crippen LogP contribution is -2.33. The predicted molar refractivity (Wildman–Crippen MR) is 50.2 cm³/mol. The minimum absolute atomic E-state index is 0.259. The molecule has 0 atom stereocenters. The van der Waals surface area contributed by atoms with Gasteiger partial charge in [0.15, 0.2) is 11.6 Å². The lowest BCUT2D eigenvalue weighted by Gasteiger charge is -2.06. The smallest absolute Gasteiger partial charge is 0.423 e. The minimum Gasteiger partial charge on any atom is -0.423 e. The zero-order chi connectivity index (χ0) is 10.7. The first-order chi connectivity index (χ1) is 6.57. The summed E-state index contributed by atoms with van der Waals surface area (Å²) in [5.74, 6) is -2.16. The van der Waals surface area contributed by atoms with Gasteiger partial charge in [-0.3, -0.25) is 0 Å². The van der Waals surface area contributed by atoms with Crippen LogP contribution in [0.1, 0.15) is 18.9 Å². The molecule has 0 bridgehead atoms. The SMILES string of the molecule is CCCc1ccc(B(O)O)c(F)c1F. The summed E-state index contributed by atoms with van der Waals surface area (Å²) in [6.45, 7) is 1.85. The van der Waals surface area contributed by atoms with Crippen molar-refractivity contribution in [2.75, 3.05) is 0 Å². The molecular weight excluding hydrogens is 189 g/mol.